The number of hydrogen-bond acceptors (Lipinski definition) is 2. The molecule has 0 fully saturated rings. The summed E-state index contributed by atoms with van der Waals surface area (Å²) in [6.45, 7) is 4.30. The minimum atomic E-state index is 1.18. The summed E-state index contributed by atoms with van der Waals surface area (Å²) in [6.07, 6.45) is 0. The Morgan fingerprint density at radius 3 is 1.50 bits per heavy atom. The fourth-order valence-corrected chi connectivity index (χ4v) is 2.78. The van der Waals surface area contributed by atoms with Crippen LogP contribution < -0.4 is 9.80 Å². The van der Waals surface area contributed by atoms with Crippen LogP contribution in [-0.2, 0) is 0 Å². The van der Waals surface area contributed by atoms with Crippen LogP contribution in [0.25, 0.3) is 0 Å². The molecule has 3 rings (SSSR count). The fourth-order valence-electron chi connectivity index (χ4n) is 2.78. The van der Waals surface area contributed by atoms with Gasteiger partial charge in [-0.25, -0.2) is 0 Å². The van der Waals surface area contributed by atoms with Crippen LogP contribution in [0.3, 0.4) is 0 Å². The van der Waals surface area contributed by atoms with Crippen LogP contribution in [0.1, 0.15) is 11.1 Å². The zero-order chi connectivity index (χ0) is 17.1. The Labute approximate surface area is 145 Å². The molecule has 0 aliphatic rings. The van der Waals surface area contributed by atoms with Crippen molar-refractivity contribution in [2.24, 2.45) is 0 Å². The van der Waals surface area contributed by atoms with Crippen molar-refractivity contribution in [1.29, 1.82) is 0 Å². The highest BCUT2D eigenvalue weighted by molar-refractivity contribution is 5.69. The molecule has 0 spiro atoms. The molecule has 0 atom stereocenters. The first kappa shape index (κ1) is 16.1. The summed E-state index contributed by atoms with van der Waals surface area (Å²) in [4.78, 5) is 4.42. The van der Waals surface area contributed by atoms with Gasteiger partial charge in [0.1, 0.15) is 0 Å². The predicted molar refractivity (Wildman–Crippen MR) is 105 cm³/mol. The predicted octanol–water partition coefficient (Wildman–Crippen LogP) is 5.84. The van der Waals surface area contributed by atoms with Crippen LogP contribution in [0.5, 0.6) is 0 Å². The van der Waals surface area contributed by atoms with E-state index in [1.54, 1.807) is 0 Å². The van der Waals surface area contributed by atoms with Gasteiger partial charge in [0.15, 0.2) is 0 Å². The molecule has 122 valence electrons. The summed E-state index contributed by atoms with van der Waals surface area (Å²) < 4.78 is 0. The molecule has 0 saturated carbocycles. The van der Waals surface area contributed by atoms with Crippen LogP contribution >= 0.6 is 0 Å². The molecule has 2 heteroatoms. The highest BCUT2D eigenvalue weighted by Crippen LogP contribution is 2.29. The van der Waals surface area contributed by atoms with E-state index in [1.807, 2.05) is 6.07 Å². The smallest absolute Gasteiger partial charge is 0.0410 e. The molecule has 2 nitrogen and oxygen atoms in total. The normalized spacial score (nSPS) is 10.5. The number of anilines is 4. The lowest BCUT2D eigenvalue weighted by Crippen LogP contribution is -2.11. The van der Waals surface area contributed by atoms with E-state index in [4.69, 9.17) is 0 Å². The third-order valence-electron chi connectivity index (χ3n) is 4.65. The van der Waals surface area contributed by atoms with Gasteiger partial charge < -0.3 is 9.80 Å². The van der Waals surface area contributed by atoms with Gasteiger partial charge in [-0.2, -0.15) is 0 Å². The van der Waals surface area contributed by atoms with Crippen LogP contribution in [0.4, 0.5) is 22.7 Å². The van der Waals surface area contributed by atoms with Gasteiger partial charge >= 0.3 is 0 Å². The maximum absolute atomic E-state index is 2.24. The number of nitrogens with zero attached hydrogens (tertiary/aromatic N) is 2. The molecule has 0 radical (unpaired) electrons. The number of hydrogen-bond donors (Lipinski definition) is 0. The summed E-state index contributed by atoms with van der Waals surface area (Å²) >= 11 is 0. The zero-order valence-corrected chi connectivity index (χ0v) is 14.8. The third kappa shape index (κ3) is 3.28. The second-order valence-electron chi connectivity index (χ2n) is 6.24. The van der Waals surface area contributed by atoms with E-state index in [9.17, 15) is 0 Å². The molecular weight excluding hydrogens is 292 g/mol. The van der Waals surface area contributed by atoms with Crippen LogP contribution in [-0.4, -0.2) is 14.1 Å². The molecule has 0 unspecified atom stereocenters. The van der Waals surface area contributed by atoms with Crippen molar-refractivity contribution in [3.63, 3.8) is 0 Å². The van der Waals surface area contributed by atoms with E-state index in [1.165, 1.54) is 33.9 Å². The number of para-hydroxylation sites is 1. The van der Waals surface area contributed by atoms with Crippen molar-refractivity contribution in [3.8, 4) is 0 Å². The minimum Gasteiger partial charge on any atom is -0.345 e. The molecule has 0 aromatic heterocycles. The molecular formula is C22H24N2. The van der Waals surface area contributed by atoms with Crippen molar-refractivity contribution < 1.29 is 0 Å². The second kappa shape index (κ2) is 6.79. The van der Waals surface area contributed by atoms with Gasteiger partial charge in [-0.15, -0.1) is 0 Å². The first-order valence-electron chi connectivity index (χ1n) is 8.26. The van der Waals surface area contributed by atoms with E-state index in [0.717, 1.165) is 0 Å². The molecule has 0 N–H and O–H groups in total. The van der Waals surface area contributed by atoms with E-state index >= 15 is 0 Å². The highest BCUT2D eigenvalue weighted by Gasteiger charge is 2.07. The van der Waals surface area contributed by atoms with Gasteiger partial charge in [0.2, 0.25) is 0 Å². The quantitative estimate of drug-likeness (QED) is 0.596. The van der Waals surface area contributed by atoms with Gasteiger partial charge in [-0.05, 0) is 73.5 Å². The Hall–Kier alpha value is -2.74. The maximum Gasteiger partial charge on any atom is 0.0410 e. The van der Waals surface area contributed by atoms with E-state index in [2.05, 4.69) is 104 Å². The molecule has 0 aliphatic carbocycles. The van der Waals surface area contributed by atoms with E-state index < -0.39 is 0 Å². The average Bonchev–Trinajstić information content (AvgIpc) is 2.63. The van der Waals surface area contributed by atoms with Crippen LogP contribution in [0.15, 0.2) is 72.8 Å². The summed E-state index contributed by atoms with van der Waals surface area (Å²) in [5.74, 6) is 0. The van der Waals surface area contributed by atoms with Crippen LogP contribution in [0.2, 0.25) is 0 Å². The molecule has 0 bridgehead atoms. The first-order valence-corrected chi connectivity index (χ1v) is 8.26. The van der Waals surface area contributed by atoms with Crippen molar-refractivity contribution in [1.82, 2.24) is 0 Å². The second-order valence-corrected chi connectivity index (χ2v) is 6.24. The standard InChI is InChI=1S/C22H24N2/c1-17-10-11-22(16-18(17)2)24(4)21-14-12-20(13-15-21)23(3)19-8-6-5-7-9-19/h5-16H,1-4H3. The third-order valence-corrected chi connectivity index (χ3v) is 4.65. The number of benzene rings is 3. The largest absolute Gasteiger partial charge is 0.345 e. The van der Waals surface area contributed by atoms with Crippen molar-refractivity contribution >= 4 is 22.7 Å². The summed E-state index contributed by atoms with van der Waals surface area (Å²) in [5, 5.41) is 0. The van der Waals surface area contributed by atoms with Crippen LogP contribution in [0, 0.1) is 13.8 Å². The van der Waals surface area contributed by atoms with Gasteiger partial charge in [-0.1, -0.05) is 24.3 Å². The van der Waals surface area contributed by atoms with E-state index in [0.29, 0.717) is 0 Å². The monoisotopic (exact) mass is 316 g/mol. The van der Waals surface area contributed by atoms with Gasteiger partial charge in [-0.3, -0.25) is 0 Å². The van der Waals surface area contributed by atoms with Crippen molar-refractivity contribution in [2.45, 2.75) is 13.8 Å². The molecule has 0 saturated heterocycles. The number of rotatable bonds is 4. The first-order chi connectivity index (χ1) is 11.6. The Morgan fingerprint density at radius 2 is 0.958 bits per heavy atom. The molecule has 24 heavy (non-hydrogen) atoms. The fraction of sp³-hybridized carbons (Fsp3) is 0.182. The molecule has 0 amide bonds. The van der Waals surface area contributed by atoms with Gasteiger partial charge in [0.05, 0.1) is 0 Å². The van der Waals surface area contributed by atoms with Gasteiger partial charge in [0.25, 0.3) is 0 Å². The zero-order valence-electron chi connectivity index (χ0n) is 14.8. The topological polar surface area (TPSA) is 6.48 Å². The lowest BCUT2D eigenvalue weighted by Gasteiger charge is -2.23. The van der Waals surface area contributed by atoms with Crippen molar-refractivity contribution in [2.75, 3.05) is 23.9 Å². The Balaban J connectivity index is 1.82. The average molecular weight is 316 g/mol. The van der Waals surface area contributed by atoms with Gasteiger partial charge in [0, 0.05) is 36.8 Å². The molecule has 0 heterocycles. The Bertz CT molecular complexity index is 807. The Kier molecular flexibility index (Phi) is 4.57. The Morgan fingerprint density at radius 1 is 0.500 bits per heavy atom. The minimum absolute atomic E-state index is 1.18. The summed E-state index contributed by atoms with van der Waals surface area (Å²) in [6, 6.07) is 25.7. The SMILES string of the molecule is Cc1ccc(N(C)c2ccc(N(C)c3ccccc3)cc2)cc1C. The highest BCUT2D eigenvalue weighted by atomic mass is 15.1. The van der Waals surface area contributed by atoms with Crippen molar-refractivity contribution in [3.05, 3.63) is 83.9 Å². The summed E-state index contributed by atoms with van der Waals surface area (Å²) in [5.41, 5.74) is 7.41. The number of aryl methyl sites for hydroxylation is 2. The lowest BCUT2D eigenvalue weighted by molar-refractivity contribution is 1.18. The van der Waals surface area contributed by atoms with E-state index in [-0.39, 0.29) is 0 Å². The molecule has 3 aromatic carbocycles. The molecule has 0 aliphatic heterocycles. The lowest BCUT2D eigenvalue weighted by atomic mass is 10.1. The summed E-state index contributed by atoms with van der Waals surface area (Å²) in [7, 11) is 4.21. The molecule has 3 aromatic rings. The maximum atomic E-state index is 2.24.